The number of hydrogen-bond acceptors (Lipinski definition) is 4. The SMILES string of the molecule is C[n+]1c2ccccc2c(NCCN2CCCCC2)c2oc3ccc(OCC4CC[N+](C)(C)CC4)cc3c21.[I-].[I-]. The molecule has 0 saturated carbocycles. The zero-order valence-corrected chi connectivity index (χ0v) is 27.8. The molecule has 2 saturated heterocycles. The second kappa shape index (κ2) is 13.1. The molecule has 6 nitrogen and oxygen atoms in total. The molecule has 2 aromatic heterocycles. The van der Waals surface area contributed by atoms with E-state index in [-0.39, 0.29) is 48.0 Å². The number of fused-ring (bicyclic) bond motifs is 4. The predicted octanol–water partition coefficient (Wildman–Crippen LogP) is -0.665. The number of halogens is 2. The lowest BCUT2D eigenvalue weighted by Gasteiger charge is -2.37. The van der Waals surface area contributed by atoms with Gasteiger partial charge in [-0.05, 0) is 50.2 Å². The van der Waals surface area contributed by atoms with Crippen LogP contribution >= 0.6 is 0 Å². The van der Waals surface area contributed by atoms with Gasteiger partial charge < -0.3 is 71.8 Å². The summed E-state index contributed by atoms with van der Waals surface area (Å²) in [5, 5.41) is 6.09. The van der Waals surface area contributed by atoms with Crippen molar-refractivity contribution in [1.29, 1.82) is 0 Å². The maximum absolute atomic E-state index is 6.53. The molecule has 4 aromatic rings. The average molecular weight is 757 g/mol. The smallest absolute Gasteiger partial charge is 0.261 e. The average Bonchev–Trinajstić information content (AvgIpc) is 3.29. The van der Waals surface area contributed by atoms with Gasteiger partial charge in [0, 0.05) is 37.9 Å². The van der Waals surface area contributed by atoms with Crippen molar-refractivity contribution in [3.05, 3.63) is 42.5 Å². The molecule has 2 aliphatic heterocycles. The van der Waals surface area contributed by atoms with E-state index in [0.29, 0.717) is 5.92 Å². The van der Waals surface area contributed by atoms with E-state index in [0.717, 1.165) is 57.7 Å². The van der Waals surface area contributed by atoms with Gasteiger partial charge >= 0.3 is 0 Å². The van der Waals surface area contributed by atoms with Crippen LogP contribution in [0.25, 0.3) is 33.0 Å². The summed E-state index contributed by atoms with van der Waals surface area (Å²) in [6.45, 7) is 7.66. The zero-order valence-electron chi connectivity index (χ0n) is 23.5. The van der Waals surface area contributed by atoms with Crippen molar-refractivity contribution in [2.45, 2.75) is 32.1 Å². The number of furan rings is 1. The molecule has 2 fully saturated rings. The predicted molar refractivity (Wildman–Crippen MR) is 151 cm³/mol. The lowest BCUT2D eigenvalue weighted by Crippen LogP contribution is -3.00. The first-order valence-electron chi connectivity index (χ1n) is 14.2. The van der Waals surface area contributed by atoms with Gasteiger partial charge in [0.25, 0.3) is 5.52 Å². The minimum Gasteiger partial charge on any atom is -1.00 e. The van der Waals surface area contributed by atoms with E-state index < -0.39 is 0 Å². The summed E-state index contributed by atoms with van der Waals surface area (Å²) in [5.41, 5.74) is 5.26. The van der Waals surface area contributed by atoms with Crippen molar-refractivity contribution in [3.63, 3.8) is 0 Å². The fourth-order valence-electron chi connectivity index (χ4n) is 6.27. The summed E-state index contributed by atoms with van der Waals surface area (Å²) in [6.07, 6.45) is 6.47. The Bertz CT molecular complexity index is 1400. The molecule has 2 aromatic carbocycles. The van der Waals surface area contributed by atoms with Gasteiger partial charge in [-0.2, -0.15) is 4.57 Å². The highest BCUT2D eigenvalue weighted by Crippen LogP contribution is 2.37. The van der Waals surface area contributed by atoms with Crippen LogP contribution < -0.4 is 62.6 Å². The van der Waals surface area contributed by atoms with Gasteiger partial charge in [0.2, 0.25) is 11.1 Å². The highest BCUT2D eigenvalue weighted by molar-refractivity contribution is 6.11. The molecule has 0 amide bonds. The van der Waals surface area contributed by atoms with Gasteiger partial charge in [0.15, 0.2) is 0 Å². The number of nitrogens with one attached hydrogen (secondary N) is 1. The van der Waals surface area contributed by atoms with E-state index >= 15 is 0 Å². The van der Waals surface area contributed by atoms with Crippen molar-refractivity contribution in [2.75, 3.05) is 65.3 Å². The van der Waals surface area contributed by atoms with Crippen LogP contribution in [-0.2, 0) is 7.05 Å². The third kappa shape index (κ3) is 6.59. The molecule has 39 heavy (non-hydrogen) atoms. The molecule has 0 radical (unpaired) electrons. The Morgan fingerprint density at radius 3 is 2.51 bits per heavy atom. The van der Waals surface area contributed by atoms with Crippen molar-refractivity contribution >= 4 is 38.7 Å². The first-order chi connectivity index (χ1) is 18.0. The molecule has 0 atom stereocenters. The van der Waals surface area contributed by atoms with Crippen LogP contribution in [0.2, 0.25) is 0 Å². The molecule has 8 heteroatoms. The Hall–Kier alpha value is -1.37. The van der Waals surface area contributed by atoms with E-state index in [1.807, 2.05) is 0 Å². The van der Waals surface area contributed by atoms with Crippen LogP contribution in [0.5, 0.6) is 5.75 Å². The Kier molecular flexibility index (Phi) is 10.3. The maximum Gasteiger partial charge on any atom is 0.261 e. The summed E-state index contributed by atoms with van der Waals surface area (Å²) in [6, 6.07) is 15.0. The Balaban J connectivity index is 0.00000176. The molecule has 4 heterocycles. The lowest BCUT2D eigenvalue weighted by molar-refractivity contribution is -0.896. The second-order valence-electron chi connectivity index (χ2n) is 11.9. The third-order valence-corrected chi connectivity index (χ3v) is 8.68. The number of rotatable bonds is 7. The Morgan fingerprint density at radius 2 is 1.74 bits per heavy atom. The summed E-state index contributed by atoms with van der Waals surface area (Å²) in [5.74, 6) is 1.57. The number of ether oxygens (including phenoxy) is 1. The highest BCUT2D eigenvalue weighted by Gasteiger charge is 2.27. The number of likely N-dealkylation sites (tertiary alicyclic amines) is 2. The molecule has 2 aliphatic rings. The standard InChI is InChI=1S/C31H41N4O2.2HI/c1-33-27-10-6-5-9-25(27)29(32-15-18-34-16-7-4-8-17-34)31-30(33)26-21-24(11-12-28(26)37-31)36-22-23-13-19-35(2,3)20-14-23;;/h5-6,9-12,21,23H,4,7-8,13-20,22H2,1-3H3;2*1H/q+1;;/p-1. The first kappa shape index (κ1) is 30.6. The molecule has 0 unspecified atom stereocenters. The fourth-order valence-corrected chi connectivity index (χ4v) is 6.27. The number of hydrogen-bond donors (Lipinski definition) is 1. The second-order valence-corrected chi connectivity index (χ2v) is 11.9. The summed E-state index contributed by atoms with van der Waals surface area (Å²) in [7, 11) is 6.80. The van der Waals surface area contributed by atoms with Gasteiger partial charge in [-0.25, -0.2) is 0 Å². The Morgan fingerprint density at radius 1 is 1.00 bits per heavy atom. The minimum absolute atomic E-state index is 0. The molecule has 212 valence electrons. The molecule has 0 spiro atoms. The van der Waals surface area contributed by atoms with E-state index in [2.05, 4.69) is 78.4 Å². The number of anilines is 1. The molecular formula is C31H42I2N4O2. The van der Waals surface area contributed by atoms with Crippen LogP contribution in [0.15, 0.2) is 46.9 Å². The quantitative estimate of drug-likeness (QED) is 0.155. The molecule has 1 N–H and O–H groups in total. The van der Waals surface area contributed by atoms with Crippen molar-refractivity contribution in [2.24, 2.45) is 13.0 Å². The maximum atomic E-state index is 6.53. The van der Waals surface area contributed by atoms with E-state index in [9.17, 15) is 0 Å². The van der Waals surface area contributed by atoms with Gasteiger partial charge in [0.1, 0.15) is 18.4 Å². The summed E-state index contributed by atoms with van der Waals surface area (Å²) >= 11 is 0. The van der Waals surface area contributed by atoms with Crippen molar-refractivity contribution in [1.82, 2.24) is 4.90 Å². The number of piperidine rings is 2. The highest BCUT2D eigenvalue weighted by atomic mass is 127. The van der Waals surface area contributed by atoms with Gasteiger partial charge in [0.05, 0.1) is 50.3 Å². The third-order valence-electron chi connectivity index (χ3n) is 8.68. The number of aryl methyl sites for hydroxylation is 1. The molecule has 0 bridgehead atoms. The first-order valence-corrected chi connectivity index (χ1v) is 14.2. The van der Waals surface area contributed by atoms with Gasteiger partial charge in [-0.15, -0.1) is 0 Å². The fraction of sp³-hybridized carbons (Fsp3) is 0.516. The molecule has 0 aliphatic carbocycles. The number of pyridine rings is 1. The number of benzene rings is 2. The topological polar surface area (TPSA) is 41.5 Å². The van der Waals surface area contributed by atoms with Crippen molar-refractivity contribution in [3.8, 4) is 5.75 Å². The number of aromatic nitrogens is 1. The molecule has 6 rings (SSSR count). The van der Waals surface area contributed by atoms with E-state index in [1.54, 1.807) is 0 Å². The lowest BCUT2D eigenvalue weighted by atomic mass is 9.97. The number of para-hydroxylation sites is 1. The van der Waals surface area contributed by atoms with Gasteiger partial charge in [-0.1, -0.05) is 18.6 Å². The molecular weight excluding hydrogens is 714 g/mol. The number of quaternary nitrogens is 1. The van der Waals surface area contributed by atoms with Gasteiger partial charge in [-0.3, -0.25) is 0 Å². The monoisotopic (exact) mass is 756 g/mol. The summed E-state index contributed by atoms with van der Waals surface area (Å²) in [4.78, 5) is 2.58. The van der Waals surface area contributed by atoms with E-state index in [4.69, 9.17) is 9.15 Å². The largest absolute Gasteiger partial charge is 1.00 e. The summed E-state index contributed by atoms with van der Waals surface area (Å²) < 4.78 is 16.3. The van der Waals surface area contributed by atoms with Crippen LogP contribution in [0.4, 0.5) is 5.69 Å². The van der Waals surface area contributed by atoms with Crippen molar-refractivity contribution < 1.29 is 66.2 Å². The normalized spacial score (nSPS) is 18.1. The minimum atomic E-state index is 0. The number of nitrogens with zero attached hydrogens (tertiary/aromatic N) is 3. The van der Waals surface area contributed by atoms with Crippen LogP contribution in [0.3, 0.4) is 0 Å². The van der Waals surface area contributed by atoms with Crippen LogP contribution in [-0.4, -0.2) is 69.4 Å². The van der Waals surface area contributed by atoms with E-state index in [1.165, 1.54) is 69.2 Å². The van der Waals surface area contributed by atoms with Crippen LogP contribution in [0.1, 0.15) is 32.1 Å². The van der Waals surface area contributed by atoms with Crippen LogP contribution in [0, 0.1) is 5.92 Å². The Labute approximate surface area is 266 Å². The zero-order chi connectivity index (χ0) is 25.4.